The van der Waals surface area contributed by atoms with Crippen LogP contribution in [0.4, 0.5) is 24.9 Å². The Labute approximate surface area is 357 Å². The molecule has 17 heteroatoms. The molecule has 0 saturated heterocycles. The zero-order valence-electron chi connectivity index (χ0n) is 36.8. The van der Waals surface area contributed by atoms with Gasteiger partial charge in [0.1, 0.15) is 22.4 Å². The lowest BCUT2D eigenvalue weighted by molar-refractivity contribution is 0.0536. The van der Waals surface area contributed by atoms with Crippen molar-refractivity contribution in [2.75, 3.05) is 31.5 Å². The molecule has 0 bridgehead atoms. The van der Waals surface area contributed by atoms with Gasteiger partial charge in [-0.1, -0.05) is 24.3 Å². The molecule has 16 nitrogen and oxygen atoms in total. The van der Waals surface area contributed by atoms with Gasteiger partial charge >= 0.3 is 24.4 Å². The van der Waals surface area contributed by atoms with E-state index in [9.17, 15) is 24.3 Å². The van der Waals surface area contributed by atoms with E-state index in [2.05, 4.69) is 25.9 Å². The lowest BCUT2D eigenvalue weighted by atomic mass is 9.99. The number of rotatable bonds is 5. The summed E-state index contributed by atoms with van der Waals surface area (Å²) < 4.78 is 21.5. The fourth-order valence-electron chi connectivity index (χ4n) is 5.81. The quantitative estimate of drug-likeness (QED) is 0.0970. The van der Waals surface area contributed by atoms with E-state index in [1.807, 2.05) is 47.9 Å². The van der Waals surface area contributed by atoms with Crippen molar-refractivity contribution >= 4 is 64.5 Å². The van der Waals surface area contributed by atoms with E-state index in [4.69, 9.17) is 18.9 Å². The van der Waals surface area contributed by atoms with Gasteiger partial charge in [0.2, 0.25) is 11.9 Å². The third-order valence-electron chi connectivity index (χ3n) is 8.24. The molecule has 3 heterocycles. The average molecular weight is 852 g/mol. The number of anilines is 1. The molecule has 1 unspecified atom stereocenters. The fraction of sp³-hybridized carbons (Fsp3) is 0.535. The van der Waals surface area contributed by atoms with E-state index in [1.165, 1.54) is 11.3 Å². The van der Waals surface area contributed by atoms with Crippen molar-refractivity contribution in [2.45, 2.75) is 125 Å². The topological polar surface area (TPSA) is 193 Å². The molecule has 328 valence electrons. The summed E-state index contributed by atoms with van der Waals surface area (Å²) in [6, 6.07) is 9.70. The Kier molecular flexibility index (Phi) is 15.2. The van der Waals surface area contributed by atoms with Gasteiger partial charge in [0.15, 0.2) is 6.23 Å². The number of ether oxygens (including phenoxy) is 4. The minimum absolute atomic E-state index is 0.0404. The third kappa shape index (κ3) is 16.0. The number of carbonyl (C=O) groups is 4. The van der Waals surface area contributed by atoms with E-state index in [-0.39, 0.29) is 11.9 Å². The Morgan fingerprint density at radius 1 is 0.650 bits per heavy atom. The van der Waals surface area contributed by atoms with Crippen LogP contribution in [0.15, 0.2) is 57.8 Å². The van der Waals surface area contributed by atoms with Crippen LogP contribution >= 0.6 is 11.3 Å². The molecule has 4 amide bonds. The molecule has 1 aromatic heterocycles. The van der Waals surface area contributed by atoms with Crippen LogP contribution in [0.5, 0.6) is 0 Å². The van der Waals surface area contributed by atoms with Crippen LogP contribution in [-0.4, -0.2) is 99.8 Å². The minimum Gasteiger partial charge on any atom is -0.444 e. The van der Waals surface area contributed by atoms with Gasteiger partial charge in [0.05, 0.1) is 4.88 Å². The smallest absolute Gasteiger partial charge is 0.437 e. The summed E-state index contributed by atoms with van der Waals surface area (Å²) in [5.41, 5.74) is 1.83. The number of amides is 4. The summed E-state index contributed by atoms with van der Waals surface area (Å²) in [5.74, 6) is 0.0889. The molecule has 2 aromatic rings. The number of hydrogen-bond acceptors (Lipinski definition) is 11. The molecular weight excluding hydrogens is 791 g/mol. The second-order valence-corrected chi connectivity index (χ2v) is 19.2. The number of alkyl carbamates (subject to hydrolysis) is 2. The summed E-state index contributed by atoms with van der Waals surface area (Å²) in [7, 11) is 0. The van der Waals surface area contributed by atoms with E-state index in [0.717, 1.165) is 32.8 Å². The maximum absolute atomic E-state index is 12.6. The molecule has 0 spiro atoms. The molecule has 2 aliphatic heterocycles. The second-order valence-electron chi connectivity index (χ2n) is 18.3. The van der Waals surface area contributed by atoms with Gasteiger partial charge in [-0.3, -0.25) is 10.6 Å². The Morgan fingerprint density at radius 3 is 1.45 bits per heavy atom. The Balaban J connectivity index is 1.38. The van der Waals surface area contributed by atoms with E-state index >= 15 is 0 Å². The molecule has 0 fully saturated rings. The van der Waals surface area contributed by atoms with Gasteiger partial charge in [-0.15, -0.1) is 21.3 Å². The number of carbonyl (C=O) groups excluding carboxylic acids is 4. The zero-order valence-corrected chi connectivity index (χ0v) is 37.7. The molecule has 0 radical (unpaired) electrons. The predicted octanol–water partition coefficient (Wildman–Crippen LogP) is 8.66. The molecule has 0 aliphatic carbocycles. The van der Waals surface area contributed by atoms with Crippen molar-refractivity contribution < 1.29 is 43.2 Å². The van der Waals surface area contributed by atoms with Gasteiger partial charge in [-0.05, 0) is 142 Å². The molecule has 4 N–H and O–H groups in total. The highest BCUT2D eigenvalue weighted by Crippen LogP contribution is 2.31. The lowest BCUT2D eigenvalue weighted by Crippen LogP contribution is -2.48. The van der Waals surface area contributed by atoms with Crippen LogP contribution in [0.25, 0.3) is 11.1 Å². The van der Waals surface area contributed by atoms with Gasteiger partial charge < -0.3 is 39.2 Å². The first-order valence-corrected chi connectivity index (χ1v) is 20.7. The highest BCUT2D eigenvalue weighted by molar-refractivity contribution is 7.10. The van der Waals surface area contributed by atoms with Crippen LogP contribution in [0.2, 0.25) is 0 Å². The highest BCUT2D eigenvalue weighted by Gasteiger charge is 2.27. The molecule has 1 aromatic carbocycles. The van der Waals surface area contributed by atoms with Crippen molar-refractivity contribution in [2.24, 2.45) is 9.98 Å². The van der Waals surface area contributed by atoms with Gasteiger partial charge in [0, 0.05) is 31.9 Å². The number of nitrogens with one attached hydrogen (secondary N) is 3. The maximum Gasteiger partial charge on any atom is 0.437 e. The third-order valence-corrected chi connectivity index (χ3v) is 9.23. The SMILES string of the molecule is CC(C)(C)OC(=O)/N=C(/NC(=O)OC(C)(C)C)N1CC=C(c2ccc(NC(O)c3cc(C4=CCN(/C(=N/C(=O)OC(C)(C)C)NC(=O)OC(C)(C)C)CC4)cs3)cc2)CC1. The Morgan fingerprint density at radius 2 is 1.07 bits per heavy atom. The van der Waals surface area contributed by atoms with Gasteiger partial charge in [-0.25, -0.2) is 19.2 Å². The summed E-state index contributed by atoms with van der Waals surface area (Å²) in [4.78, 5) is 62.8. The van der Waals surface area contributed by atoms with Crippen LogP contribution in [-0.2, 0) is 18.9 Å². The van der Waals surface area contributed by atoms with Gasteiger partial charge in [-0.2, -0.15) is 0 Å². The molecular formula is C43H61N7O9S. The minimum atomic E-state index is -0.955. The summed E-state index contributed by atoms with van der Waals surface area (Å²) in [6.45, 7) is 22.6. The zero-order chi connectivity index (χ0) is 44.6. The van der Waals surface area contributed by atoms with E-state index < -0.39 is 53.0 Å². The second kappa shape index (κ2) is 19.3. The normalized spacial score (nSPS) is 16.2. The number of aliphatic imine (C=N–C) groups is 2. The first-order chi connectivity index (χ1) is 27.7. The van der Waals surface area contributed by atoms with Crippen LogP contribution in [0.1, 0.15) is 118 Å². The number of thiophene rings is 1. The van der Waals surface area contributed by atoms with E-state index in [1.54, 1.807) is 92.9 Å². The number of aliphatic hydroxyl groups excluding tert-OH is 1. The van der Waals surface area contributed by atoms with Crippen molar-refractivity contribution in [3.8, 4) is 0 Å². The fourth-order valence-corrected chi connectivity index (χ4v) is 6.67. The molecule has 1 atom stereocenters. The number of guanidine groups is 2. The lowest BCUT2D eigenvalue weighted by Gasteiger charge is -2.30. The number of hydrogen-bond donors (Lipinski definition) is 4. The Hall–Kier alpha value is -5.42. The van der Waals surface area contributed by atoms with Crippen molar-refractivity contribution in [1.29, 1.82) is 0 Å². The first-order valence-electron chi connectivity index (χ1n) is 19.9. The molecule has 2 aliphatic rings. The average Bonchev–Trinajstić information content (AvgIpc) is 3.59. The summed E-state index contributed by atoms with van der Waals surface area (Å²) in [6.07, 6.45) is 1.16. The standard InChI is InChI=1S/C43H61N7O9S/c1-40(2,3)56-36(52)45-34(46-37(53)57-41(4,5)6)49-21-17-28(18-22-49)27-13-15-31(16-14-27)44-33(51)32-25-30(26-60-32)29-19-23-50(24-20-29)35(47-38(54)58-42(7,8)9)48-39(55)59-43(10,11)12/h13-17,19,25-26,33,44,51H,18,20-24H2,1-12H3,(H,45,46,52,53)(H,47,48,54,55). The predicted molar refractivity (Wildman–Crippen MR) is 234 cm³/mol. The molecule has 0 saturated carbocycles. The van der Waals surface area contributed by atoms with Crippen LogP contribution in [0.3, 0.4) is 0 Å². The number of aliphatic hydroxyl groups is 1. The first kappa shape index (κ1) is 47.3. The number of nitrogens with zero attached hydrogens (tertiary/aromatic N) is 4. The summed E-state index contributed by atoms with van der Waals surface area (Å²) >= 11 is 1.43. The van der Waals surface area contributed by atoms with E-state index in [0.29, 0.717) is 39.0 Å². The number of benzene rings is 1. The van der Waals surface area contributed by atoms with Crippen LogP contribution in [0, 0.1) is 0 Å². The molecule has 4 rings (SSSR count). The van der Waals surface area contributed by atoms with Crippen LogP contribution < -0.4 is 16.0 Å². The summed E-state index contributed by atoms with van der Waals surface area (Å²) in [5, 5.41) is 21.5. The van der Waals surface area contributed by atoms with Crippen molar-refractivity contribution in [1.82, 2.24) is 20.4 Å². The van der Waals surface area contributed by atoms with Crippen molar-refractivity contribution in [3.05, 3.63) is 63.9 Å². The monoisotopic (exact) mass is 851 g/mol. The maximum atomic E-state index is 12.6. The van der Waals surface area contributed by atoms with Gasteiger partial charge in [0.25, 0.3) is 0 Å². The van der Waals surface area contributed by atoms with Crippen molar-refractivity contribution in [3.63, 3.8) is 0 Å². The highest BCUT2D eigenvalue weighted by atomic mass is 32.1. The largest absolute Gasteiger partial charge is 0.444 e. The molecule has 60 heavy (non-hydrogen) atoms. The Bertz CT molecular complexity index is 1990.